The molecule has 1 aliphatic heterocycles. The summed E-state index contributed by atoms with van der Waals surface area (Å²) in [5.41, 5.74) is 0.500. The predicted molar refractivity (Wildman–Crippen MR) is 89.9 cm³/mol. The summed E-state index contributed by atoms with van der Waals surface area (Å²) in [4.78, 5) is 17.9. The van der Waals surface area contributed by atoms with E-state index in [1.807, 2.05) is 6.92 Å². The maximum atomic E-state index is 13.9. The zero-order valence-electron chi connectivity index (χ0n) is 14.7. The van der Waals surface area contributed by atoms with Gasteiger partial charge in [-0.1, -0.05) is 6.07 Å². The summed E-state index contributed by atoms with van der Waals surface area (Å²) >= 11 is 0. The maximum absolute atomic E-state index is 13.9. The largest absolute Gasteiger partial charge is 0.496 e. The second-order valence-corrected chi connectivity index (χ2v) is 6.13. The first kappa shape index (κ1) is 18.9. The van der Waals surface area contributed by atoms with E-state index < -0.39 is 29.2 Å². The standard InChI is InChI=1S/C18H17F4N3O2/c1-10-3-4-11(9-12(10)27-2)18(26)25-7-5-24(6-8-25)15-13(19)16(21)23-17(22)14(15)20/h3-4,9H,5-8H2,1-2H3. The van der Waals surface area contributed by atoms with Gasteiger partial charge in [0.05, 0.1) is 7.11 Å². The SMILES string of the molecule is COc1cc(C(=O)N2CCN(c3c(F)c(F)nc(F)c3F)CC2)ccc1C. The number of carbonyl (C=O) groups excluding carboxylic acids is 1. The second kappa shape index (κ2) is 7.42. The minimum absolute atomic E-state index is 0.0193. The molecule has 0 radical (unpaired) electrons. The zero-order chi connectivity index (χ0) is 19.7. The number of aromatic nitrogens is 1. The predicted octanol–water partition coefficient (Wildman–Crippen LogP) is 2.92. The number of hydrogen-bond acceptors (Lipinski definition) is 4. The molecule has 5 nitrogen and oxygen atoms in total. The highest BCUT2D eigenvalue weighted by Gasteiger charge is 2.29. The molecule has 0 saturated carbocycles. The van der Waals surface area contributed by atoms with E-state index in [9.17, 15) is 22.4 Å². The van der Waals surface area contributed by atoms with Crippen LogP contribution in [0, 0.1) is 30.5 Å². The summed E-state index contributed by atoms with van der Waals surface area (Å²) in [7, 11) is 1.51. The number of methoxy groups -OCH3 is 1. The van der Waals surface area contributed by atoms with Gasteiger partial charge >= 0.3 is 0 Å². The van der Waals surface area contributed by atoms with Gasteiger partial charge in [-0.05, 0) is 24.6 Å². The van der Waals surface area contributed by atoms with Crippen LogP contribution in [0.5, 0.6) is 5.75 Å². The Morgan fingerprint density at radius 3 is 2.19 bits per heavy atom. The number of benzene rings is 1. The van der Waals surface area contributed by atoms with Crippen molar-refractivity contribution >= 4 is 11.6 Å². The van der Waals surface area contributed by atoms with Gasteiger partial charge in [0, 0.05) is 31.7 Å². The second-order valence-electron chi connectivity index (χ2n) is 6.13. The van der Waals surface area contributed by atoms with Crippen molar-refractivity contribution in [2.24, 2.45) is 0 Å². The minimum Gasteiger partial charge on any atom is -0.496 e. The topological polar surface area (TPSA) is 45.7 Å². The van der Waals surface area contributed by atoms with Crippen LogP contribution in [0.4, 0.5) is 23.2 Å². The van der Waals surface area contributed by atoms with Gasteiger partial charge in [0.25, 0.3) is 17.8 Å². The lowest BCUT2D eigenvalue weighted by molar-refractivity contribution is 0.0746. The Bertz CT molecular complexity index is 857. The Balaban J connectivity index is 1.75. The van der Waals surface area contributed by atoms with Gasteiger partial charge < -0.3 is 14.5 Å². The van der Waals surface area contributed by atoms with E-state index in [0.29, 0.717) is 11.3 Å². The van der Waals surface area contributed by atoms with Gasteiger partial charge in [-0.3, -0.25) is 4.79 Å². The van der Waals surface area contributed by atoms with Crippen LogP contribution in [0.3, 0.4) is 0 Å². The molecule has 1 aromatic heterocycles. The van der Waals surface area contributed by atoms with Gasteiger partial charge in [0.15, 0.2) is 0 Å². The third kappa shape index (κ3) is 3.54. The van der Waals surface area contributed by atoms with Gasteiger partial charge in [-0.15, -0.1) is 0 Å². The quantitative estimate of drug-likeness (QED) is 0.604. The van der Waals surface area contributed by atoms with Crippen molar-refractivity contribution in [3.8, 4) is 5.75 Å². The van der Waals surface area contributed by atoms with E-state index in [4.69, 9.17) is 4.74 Å². The van der Waals surface area contributed by atoms with Gasteiger partial charge in [0.2, 0.25) is 11.6 Å². The molecule has 0 unspecified atom stereocenters. The third-order valence-electron chi connectivity index (χ3n) is 4.51. The maximum Gasteiger partial charge on any atom is 0.254 e. The number of pyridine rings is 1. The molecule has 2 aromatic rings. The van der Waals surface area contributed by atoms with Crippen molar-refractivity contribution < 1.29 is 27.1 Å². The summed E-state index contributed by atoms with van der Waals surface area (Å²) in [6.07, 6.45) is 0. The fourth-order valence-electron chi connectivity index (χ4n) is 3.02. The molecule has 0 N–H and O–H groups in total. The van der Waals surface area contributed by atoms with E-state index in [1.54, 1.807) is 18.2 Å². The van der Waals surface area contributed by atoms with Crippen molar-refractivity contribution in [2.75, 3.05) is 38.2 Å². The molecular formula is C18H17F4N3O2. The molecule has 9 heteroatoms. The summed E-state index contributed by atoms with van der Waals surface area (Å²) in [5, 5.41) is 0. The normalized spacial score (nSPS) is 14.4. The lowest BCUT2D eigenvalue weighted by Crippen LogP contribution is -2.49. The van der Waals surface area contributed by atoms with E-state index in [-0.39, 0.29) is 32.1 Å². The first-order valence-corrected chi connectivity index (χ1v) is 8.22. The number of hydrogen-bond donors (Lipinski definition) is 0. The molecule has 0 aliphatic carbocycles. The molecule has 0 atom stereocenters. The molecule has 0 bridgehead atoms. The molecule has 144 valence electrons. The Hall–Kier alpha value is -2.84. The van der Waals surface area contributed by atoms with E-state index in [1.165, 1.54) is 12.0 Å². The van der Waals surface area contributed by atoms with Crippen LogP contribution in [0.2, 0.25) is 0 Å². The van der Waals surface area contributed by atoms with Gasteiger partial charge in [-0.2, -0.15) is 22.5 Å². The van der Waals surface area contributed by atoms with Crippen molar-refractivity contribution in [1.82, 2.24) is 9.88 Å². The first-order valence-electron chi connectivity index (χ1n) is 8.22. The van der Waals surface area contributed by atoms with Crippen LogP contribution >= 0.6 is 0 Å². The average Bonchev–Trinajstić information content (AvgIpc) is 2.67. The fraction of sp³-hybridized carbons (Fsp3) is 0.333. The molecule has 1 fully saturated rings. The van der Waals surface area contributed by atoms with E-state index in [0.717, 1.165) is 10.5 Å². The molecule has 27 heavy (non-hydrogen) atoms. The molecule has 3 rings (SSSR count). The van der Waals surface area contributed by atoms with E-state index >= 15 is 0 Å². The highest BCUT2D eigenvalue weighted by atomic mass is 19.2. The number of ether oxygens (including phenoxy) is 1. The molecule has 0 spiro atoms. The molecule has 1 aliphatic rings. The van der Waals surface area contributed by atoms with Crippen LogP contribution in [-0.4, -0.2) is 49.1 Å². The molecule has 1 aromatic carbocycles. The van der Waals surface area contributed by atoms with Crippen molar-refractivity contribution in [1.29, 1.82) is 0 Å². The average molecular weight is 383 g/mol. The molecular weight excluding hydrogens is 366 g/mol. The molecule has 1 amide bonds. The van der Waals surface area contributed by atoms with Gasteiger partial charge in [0.1, 0.15) is 11.4 Å². The van der Waals surface area contributed by atoms with Crippen molar-refractivity contribution in [2.45, 2.75) is 6.92 Å². The first-order chi connectivity index (χ1) is 12.8. The fourth-order valence-corrected chi connectivity index (χ4v) is 3.02. The Labute approximate surface area is 153 Å². The third-order valence-corrected chi connectivity index (χ3v) is 4.51. The van der Waals surface area contributed by atoms with Crippen LogP contribution in [-0.2, 0) is 0 Å². The number of nitrogens with zero attached hydrogens (tertiary/aromatic N) is 3. The number of anilines is 1. The number of amides is 1. The van der Waals surface area contributed by atoms with Crippen molar-refractivity contribution in [3.63, 3.8) is 0 Å². The molecule has 1 saturated heterocycles. The van der Waals surface area contributed by atoms with Crippen LogP contribution < -0.4 is 9.64 Å². The summed E-state index contributed by atoms with van der Waals surface area (Å²) in [5.74, 6) is -6.18. The highest BCUT2D eigenvalue weighted by molar-refractivity contribution is 5.95. The number of piperazine rings is 1. The molecule has 2 heterocycles. The smallest absolute Gasteiger partial charge is 0.254 e. The Kier molecular flexibility index (Phi) is 5.20. The van der Waals surface area contributed by atoms with Gasteiger partial charge in [-0.25, -0.2) is 0 Å². The Morgan fingerprint density at radius 2 is 1.63 bits per heavy atom. The number of rotatable bonds is 3. The lowest BCUT2D eigenvalue weighted by Gasteiger charge is -2.36. The monoisotopic (exact) mass is 383 g/mol. The number of carbonyl (C=O) groups is 1. The van der Waals surface area contributed by atoms with E-state index in [2.05, 4.69) is 4.98 Å². The van der Waals surface area contributed by atoms with Crippen LogP contribution in [0.1, 0.15) is 15.9 Å². The van der Waals surface area contributed by atoms with Crippen LogP contribution in [0.25, 0.3) is 0 Å². The van der Waals surface area contributed by atoms with Crippen LogP contribution in [0.15, 0.2) is 18.2 Å². The highest BCUT2D eigenvalue weighted by Crippen LogP contribution is 2.27. The summed E-state index contributed by atoms with van der Waals surface area (Å²) in [6.45, 7) is 2.16. The summed E-state index contributed by atoms with van der Waals surface area (Å²) < 4.78 is 59.6. The summed E-state index contributed by atoms with van der Waals surface area (Å²) in [6, 6.07) is 5.05. The minimum atomic E-state index is -1.70. The number of halogens is 4. The van der Waals surface area contributed by atoms with Crippen molar-refractivity contribution in [3.05, 3.63) is 52.9 Å². The lowest BCUT2D eigenvalue weighted by atomic mass is 10.1. The number of aryl methyl sites for hydroxylation is 1. The Morgan fingerprint density at radius 1 is 1.04 bits per heavy atom. The zero-order valence-corrected chi connectivity index (χ0v) is 14.7.